The highest BCUT2D eigenvalue weighted by Gasteiger charge is 2.34. The van der Waals surface area contributed by atoms with Crippen molar-refractivity contribution in [3.63, 3.8) is 0 Å². The van der Waals surface area contributed by atoms with Crippen LogP contribution in [0.1, 0.15) is 12.5 Å². The SMILES string of the molecule is CCS(=O)(=O)C1CSCCN1c1ccc(C(=N)N)cc1F. The smallest absolute Gasteiger partial charge is 0.171 e. The summed E-state index contributed by atoms with van der Waals surface area (Å²) in [5.41, 5.74) is 5.87. The van der Waals surface area contributed by atoms with Gasteiger partial charge in [0.2, 0.25) is 0 Å². The Hall–Kier alpha value is -1.28. The van der Waals surface area contributed by atoms with Crippen LogP contribution in [0.25, 0.3) is 0 Å². The van der Waals surface area contributed by atoms with E-state index in [4.69, 9.17) is 11.1 Å². The number of amidine groups is 1. The molecule has 0 amide bonds. The zero-order chi connectivity index (χ0) is 15.6. The third-order valence-corrected chi connectivity index (χ3v) is 6.76. The highest BCUT2D eigenvalue weighted by Crippen LogP contribution is 2.29. The molecule has 0 spiro atoms. The standard InChI is InChI=1S/C13H18FN3O2S2/c1-2-21(18,19)12-8-20-6-5-17(12)11-4-3-9(13(15)16)7-10(11)14/h3-4,7,12H,2,5-6,8H2,1H3,(H3,15,16). The van der Waals surface area contributed by atoms with Crippen LogP contribution in [0.15, 0.2) is 18.2 Å². The van der Waals surface area contributed by atoms with Gasteiger partial charge in [-0.15, -0.1) is 0 Å². The molecular formula is C13H18FN3O2S2. The van der Waals surface area contributed by atoms with E-state index >= 15 is 0 Å². The number of nitrogens with two attached hydrogens (primary N) is 1. The average Bonchev–Trinajstić information content (AvgIpc) is 2.47. The molecule has 21 heavy (non-hydrogen) atoms. The van der Waals surface area contributed by atoms with Crippen LogP contribution in [-0.4, -0.2) is 43.4 Å². The van der Waals surface area contributed by atoms with E-state index in [0.717, 1.165) is 5.75 Å². The molecule has 5 nitrogen and oxygen atoms in total. The summed E-state index contributed by atoms with van der Waals surface area (Å²) in [6.07, 6.45) is 0. The van der Waals surface area contributed by atoms with Crippen molar-refractivity contribution in [3.8, 4) is 0 Å². The fourth-order valence-electron chi connectivity index (χ4n) is 2.25. The van der Waals surface area contributed by atoms with E-state index in [-0.39, 0.29) is 22.8 Å². The van der Waals surface area contributed by atoms with Gasteiger partial charge >= 0.3 is 0 Å². The highest BCUT2D eigenvalue weighted by atomic mass is 32.2. The summed E-state index contributed by atoms with van der Waals surface area (Å²) >= 11 is 1.56. The monoisotopic (exact) mass is 331 g/mol. The first-order valence-corrected chi connectivity index (χ1v) is 9.43. The van der Waals surface area contributed by atoms with Crippen molar-refractivity contribution in [2.45, 2.75) is 12.3 Å². The number of hydrogen-bond acceptors (Lipinski definition) is 5. The molecular weight excluding hydrogens is 313 g/mol. The van der Waals surface area contributed by atoms with E-state index in [1.807, 2.05) is 0 Å². The number of rotatable bonds is 4. The summed E-state index contributed by atoms with van der Waals surface area (Å²) in [5.74, 6) is 0.452. The molecule has 1 heterocycles. The molecule has 3 N–H and O–H groups in total. The van der Waals surface area contributed by atoms with Crippen LogP contribution in [0, 0.1) is 11.2 Å². The molecule has 0 aromatic heterocycles. The second-order valence-electron chi connectivity index (χ2n) is 4.75. The minimum atomic E-state index is -3.29. The molecule has 8 heteroatoms. The number of nitrogens with one attached hydrogen (secondary N) is 1. The maximum atomic E-state index is 14.3. The minimum Gasteiger partial charge on any atom is -0.384 e. The topological polar surface area (TPSA) is 87.2 Å². The van der Waals surface area contributed by atoms with Crippen molar-refractivity contribution in [1.29, 1.82) is 5.41 Å². The summed E-state index contributed by atoms with van der Waals surface area (Å²) in [5, 5.41) is 6.60. The zero-order valence-electron chi connectivity index (χ0n) is 11.7. The number of benzene rings is 1. The Labute approximate surface area is 128 Å². The molecule has 0 bridgehead atoms. The van der Waals surface area contributed by atoms with Crippen molar-refractivity contribution < 1.29 is 12.8 Å². The quantitative estimate of drug-likeness (QED) is 0.644. The minimum absolute atomic E-state index is 0.0296. The number of anilines is 1. The molecule has 1 aromatic rings. The Balaban J connectivity index is 2.40. The maximum Gasteiger partial charge on any atom is 0.171 e. The van der Waals surface area contributed by atoms with Gasteiger partial charge < -0.3 is 10.6 Å². The Morgan fingerprint density at radius 2 is 2.29 bits per heavy atom. The molecule has 116 valence electrons. The van der Waals surface area contributed by atoms with Gasteiger partial charge in [-0.05, 0) is 18.2 Å². The lowest BCUT2D eigenvalue weighted by molar-refractivity contribution is 0.574. The number of sulfone groups is 1. The van der Waals surface area contributed by atoms with Gasteiger partial charge in [-0.1, -0.05) is 6.92 Å². The Morgan fingerprint density at radius 1 is 1.57 bits per heavy atom. The van der Waals surface area contributed by atoms with Gasteiger partial charge in [0.25, 0.3) is 0 Å². The van der Waals surface area contributed by atoms with E-state index in [0.29, 0.717) is 12.3 Å². The highest BCUT2D eigenvalue weighted by molar-refractivity contribution is 8.01. The molecule has 1 unspecified atom stereocenters. The van der Waals surface area contributed by atoms with Crippen LogP contribution in [0.2, 0.25) is 0 Å². The fraction of sp³-hybridized carbons (Fsp3) is 0.462. The third kappa shape index (κ3) is 3.32. The molecule has 1 aliphatic heterocycles. The largest absolute Gasteiger partial charge is 0.384 e. The fourth-order valence-corrected chi connectivity index (χ4v) is 5.24. The number of thioether (sulfide) groups is 1. The van der Waals surface area contributed by atoms with Crippen LogP contribution in [0.4, 0.5) is 10.1 Å². The summed E-state index contributed by atoms with van der Waals surface area (Å²) in [7, 11) is -3.29. The molecule has 0 radical (unpaired) electrons. The van der Waals surface area contributed by atoms with Crippen LogP contribution >= 0.6 is 11.8 Å². The summed E-state index contributed by atoms with van der Waals surface area (Å²) in [6.45, 7) is 2.08. The lowest BCUT2D eigenvalue weighted by Crippen LogP contribution is -2.48. The lowest BCUT2D eigenvalue weighted by atomic mass is 10.1. The predicted octanol–water partition coefficient (Wildman–Crippen LogP) is 1.42. The molecule has 0 aliphatic carbocycles. The predicted molar refractivity (Wildman–Crippen MR) is 85.3 cm³/mol. The Bertz CT molecular complexity index is 649. The van der Waals surface area contributed by atoms with Crippen molar-refractivity contribution in [2.24, 2.45) is 5.73 Å². The maximum absolute atomic E-state index is 14.3. The Kier molecular flexibility index (Phi) is 4.77. The second-order valence-corrected chi connectivity index (χ2v) is 8.35. The molecule has 0 saturated carbocycles. The van der Waals surface area contributed by atoms with Crippen LogP contribution < -0.4 is 10.6 Å². The molecule has 1 saturated heterocycles. The van der Waals surface area contributed by atoms with Crippen LogP contribution in [0.3, 0.4) is 0 Å². The number of nitrogen functional groups attached to an aromatic ring is 1. The summed E-state index contributed by atoms with van der Waals surface area (Å²) < 4.78 is 38.7. The number of nitrogens with zero attached hydrogens (tertiary/aromatic N) is 1. The van der Waals surface area contributed by atoms with Crippen LogP contribution in [0.5, 0.6) is 0 Å². The van der Waals surface area contributed by atoms with E-state index in [2.05, 4.69) is 0 Å². The van der Waals surface area contributed by atoms with Crippen molar-refractivity contribution in [2.75, 3.05) is 28.7 Å². The average molecular weight is 331 g/mol. The van der Waals surface area contributed by atoms with Crippen molar-refractivity contribution in [1.82, 2.24) is 0 Å². The molecule has 1 aromatic carbocycles. The number of hydrogen-bond donors (Lipinski definition) is 2. The van der Waals surface area contributed by atoms with E-state index in [1.54, 1.807) is 23.6 Å². The van der Waals surface area contributed by atoms with Gasteiger partial charge in [0, 0.05) is 29.4 Å². The number of halogens is 1. The second kappa shape index (κ2) is 6.23. The molecule has 1 aliphatic rings. The van der Waals surface area contributed by atoms with E-state index in [1.165, 1.54) is 18.2 Å². The van der Waals surface area contributed by atoms with Gasteiger partial charge in [-0.2, -0.15) is 11.8 Å². The normalized spacial score (nSPS) is 19.5. The zero-order valence-corrected chi connectivity index (χ0v) is 13.3. The van der Waals surface area contributed by atoms with Crippen molar-refractivity contribution in [3.05, 3.63) is 29.6 Å². The third-order valence-electron chi connectivity index (χ3n) is 3.47. The lowest BCUT2D eigenvalue weighted by Gasteiger charge is -2.36. The van der Waals surface area contributed by atoms with Crippen molar-refractivity contribution >= 4 is 33.1 Å². The first-order chi connectivity index (χ1) is 9.86. The van der Waals surface area contributed by atoms with Gasteiger partial charge in [-0.3, -0.25) is 5.41 Å². The molecule has 2 rings (SSSR count). The van der Waals surface area contributed by atoms with Gasteiger partial charge in [0.1, 0.15) is 17.0 Å². The van der Waals surface area contributed by atoms with E-state index < -0.39 is 21.0 Å². The van der Waals surface area contributed by atoms with Crippen LogP contribution in [-0.2, 0) is 9.84 Å². The van der Waals surface area contributed by atoms with E-state index in [9.17, 15) is 12.8 Å². The molecule has 1 fully saturated rings. The van der Waals surface area contributed by atoms with Gasteiger partial charge in [0.05, 0.1) is 5.69 Å². The van der Waals surface area contributed by atoms with Gasteiger partial charge in [-0.25, -0.2) is 12.8 Å². The van der Waals surface area contributed by atoms with Gasteiger partial charge in [0.15, 0.2) is 9.84 Å². The molecule has 1 atom stereocenters. The Morgan fingerprint density at radius 3 is 2.86 bits per heavy atom. The first-order valence-electron chi connectivity index (χ1n) is 6.56. The first kappa shape index (κ1) is 16.1. The summed E-state index contributed by atoms with van der Waals surface area (Å²) in [6, 6.07) is 4.22. The summed E-state index contributed by atoms with van der Waals surface area (Å²) in [4.78, 5) is 1.61.